The lowest BCUT2D eigenvalue weighted by molar-refractivity contribution is -0.115. The van der Waals surface area contributed by atoms with Crippen LogP contribution in [-0.4, -0.2) is 11.9 Å². The summed E-state index contributed by atoms with van der Waals surface area (Å²) < 4.78 is 1.14. The number of hydrogen-bond acceptors (Lipinski definition) is 1. The Bertz CT molecular complexity index is 584. The van der Waals surface area contributed by atoms with Gasteiger partial charge in [0.05, 0.1) is 0 Å². The molecule has 92 valence electrons. The summed E-state index contributed by atoms with van der Waals surface area (Å²) in [5.41, 5.74) is 3.03. The van der Waals surface area contributed by atoms with Gasteiger partial charge in [-0.05, 0) is 55.4 Å². The van der Waals surface area contributed by atoms with Crippen LogP contribution in [0.5, 0.6) is 0 Å². The minimum atomic E-state index is -0.148. The average molecular weight is 304 g/mol. The average Bonchev–Trinajstić information content (AvgIpc) is 2.88. The molecule has 0 radical (unpaired) electrons. The molecule has 1 N–H and O–H groups in total. The Kier molecular flexibility index (Phi) is 2.71. The van der Waals surface area contributed by atoms with Crippen LogP contribution in [0.1, 0.15) is 30.9 Å². The van der Waals surface area contributed by atoms with E-state index in [1.807, 2.05) is 0 Å². The Hall–Kier alpha value is -1.27. The number of fused-ring (bicyclic) bond motifs is 2. The molecule has 0 aromatic heterocycles. The van der Waals surface area contributed by atoms with E-state index in [2.05, 4.69) is 51.3 Å². The zero-order valence-corrected chi connectivity index (χ0v) is 11.8. The first-order chi connectivity index (χ1) is 8.65. The third-order valence-electron chi connectivity index (χ3n) is 4.06. The second-order valence-electron chi connectivity index (χ2n) is 5.06. The highest BCUT2D eigenvalue weighted by Gasteiger charge is 2.58. The van der Waals surface area contributed by atoms with Crippen molar-refractivity contribution in [1.82, 2.24) is 5.32 Å². The minimum Gasteiger partial charge on any atom is -0.342 e. The number of benzene rings is 1. The lowest BCUT2D eigenvalue weighted by Crippen LogP contribution is -2.29. The predicted octanol–water partition coefficient (Wildman–Crippen LogP) is 2.54. The smallest absolute Gasteiger partial charge is 0.296 e. The first kappa shape index (κ1) is 11.8. The van der Waals surface area contributed by atoms with Crippen LogP contribution < -0.4 is 5.32 Å². The van der Waals surface area contributed by atoms with Crippen molar-refractivity contribution in [2.45, 2.75) is 37.6 Å². The number of rotatable bonds is 1. The van der Waals surface area contributed by atoms with Gasteiger partial charge in [-0.25, -0.2) is 0 Å². The van der Waals surface area contributed by atoms with Gasteiger partial charge in [-0.15, -0.1) is 0 Å². The molecule has 1 aromatic carbocycles. The van der Waals surface area contributed by atoms with Crippen LogP contribution in [0.2, 0.25) is 0 Å². The van der Waals surface area contributed by atoms with Gasteiger partial charge in [-0.3, -0.25) is 4.79 Å². The normalized spacial score (nSPS) is 27.3. The molecule has 0 saturated heterocycles. The first-order valence-corrected chi connectivity index (χ1v) is 6.97. The molecule has 1 saturated carbocycles. The highest BCUT2D eigenvalue weighted by molar-refractivity contribution is 9.10. The summed E-state index contributed by atoms with van der Waals surface area (Å²) >= 11 is 3.51. The van der Waals surface area contributed by atoms with Crippen LogP contribution in [0.4, 0.5) is 0 Å². The van der Waals surface area contributed by atoms with Gasteiger partial charge in [0.2, 0.25) is 0 Å². The summed E-state index contributed by atoms with van der Waals surface area (Å²) in [5.74, 6) is 5.04. The van der Waals surface area contributed by atoms with Crippen molar-refractivity contribution in [3.05, 3.63) is 33.8 Å². The van der Waals surface area contributed by atoms with E-state index < -0.39 is 0 Å². The van der Waals surface area contributed by atoms with E-state index in [1.54, 1.807) is 6.92 Å². The third-order valence-corrected chi connectivity index (χ3v) is 4.56. The van der Waals surface area contributed by atoms with Gasteiger partial charge < -0.3 is 5.32 Å². The third kappa shape index (κ3) is 1.76. The molecule has 3 rings (SSSR count). The molecule has 1 spiro atoms. The number of hydrogen-bond donors (Lipinski definition) is 1. The van der Waals surface area contributed by atoms with Gasteiger partial charge in [0, 0.05) is 15.9 Å². The fourth-order valence-corrected chi connectivity index (χ4v) is 3.53. The highest BCUT2D eigenvalue weighted by atomic mass is 79.9. The van der Waals surface area contributed by atoms with Crippen molar-refractivity contribution in [2.24, 2.45) is 0 Å². The van der Waals surface area contributed by atoms with E-state index in [4.69, 9.17) is 0 Å². The van der Waals surface area contributed by atoms with Crippen molar-refractivity contribution in [3.63, 3.8) is 0 Å². The molecular weight excluding hydrogens is 290 g/mol. The van der Waals surface area contributed by atoms with Gasteiger partial charge in [-0.2, -0.15) is 0 Å². The van der Waals surface area contributed by atoms with Crippen LogP contribution in [0.3, 0.4) is 0 Å². The van der Waals surface area contributed by atoms with E-state index in [9.17, 15) is 4.79 Å². The number of amides is 1. The van der Waals surface area contributed by atoms with Crippen molar-refractivity contribution >= 4 is 21.8 Å². The van der Waals surface area contributed by atoms with E-state index in [0.29, 0.717) is 0 Å². The van der Waals surface area contributed by atoms with E-state index in [0.717, 1.165) is 23.7 Å². The summed E-state index contributed by atoms with van der Waals surface area (Å²) in [4.78, 5) is 11.5. The van der Waals surface area contributed by atoms with E-state index in [1.165, 1.54) is 11.1 Å². The zero-order valence-electron chi connectivity index (χ0n) is 10.2. The van der Waals surface area contributed by atoms with E-state index in [-0.39, 0.29) is 17.4 Å². The molecule has 3 heteroatoms. The lowest BCUT2D eigenvalue weighted by Gasteiger charge is -2.11. The maximum atomic E-state index is 11.5. The van der Waals surface area contributed by atoms with Crippen LogP contribution in [0.15, 0.2) is 22.7 Å². The summed E-state index contributed by atoms with van der Waals surface area (Å²) in [6.45, 7) is 1.69. The molecule has 2 aliphatic rings. The summed E-state index contributed by atoms with van der Waals surface area (Å²) in [6, 6.07) is 6.76. The Morgan fingerprint density at radius 1 is 1.56 bits per heavy atom. The largest absolute Gasteiger partial charge is 0.342 e. The predicted molar refractivity (Wildman–Crippen MR) is 74.1 cm³/mol. The first-order valence-electron chi connectivity index (χ1n) is 6.18. The second-order valence-corrected chi connectivity index (χ2v) is 5.98. The van der Waals surface area contributed by atoms with Crippen molar-refractivity contribution in [1.29, 1.82) is 0 Å². The fraction of sp³-hybridized carbons (Fsp3) is 0.400. The van der Waals surface area contributed by atoms with Crippen LogP contribution in [0, 0.1) is 11.8 Å². The number of carbonyl (C=O) groups excluding carboxylic acids is 1. The summed E-state index contributed by atoms with van der Waals surface area (Å²) in [5, 5.41) is 3.02. The van der Waals surface area contributed by atoms with Crippen LogP contribution >= 0.6 is 15.9 Å². The molecule has 18 heavy (non-hydrogen) atoms. The minimum absolute atomic E-state index is 0.148. The van der Waals surface area contributed by atoms with Gasteiger partial charge >= 0.3 is 0 Å². The fourth-order valence-electron chi connectivity index (χ4n) is 3.12. The molecular formula is C15H14BrNO. The number of aryl methyl sites for hydroxylation is 1. The van der Waals surface area contributed by atoms with Gasteiger partial charge in [0.15, 0.2) is 0 Å². The molecule has 2 unspecified atom stereocenters. The topological polar surface area (TPSA) is 29.1 Å². The number of nitrogens with one attached hydrogen (secondary N) is 1. The Morgan fingerprint density at radius 2 is 2.39 bits per heavy atom. The Labute approximate surface area is 115 Å². The second kappa shape index (κ2) is 4.13. The molecule has 2 nitrogen and oxygen atoms in total. The van der Waals surface area contributed by atoms with Crippen molar-refractivity contribution < 1.29 is 4.79 Å². The molecule has 1 aromatic rings. The SMILES string of the molecule is CC#CC(=O)NC1CC12CCc1cc(Br)ccc12. The molecule has 1 fully saturated rings. The maximum Gasteiger partial charge on any atom is 0.296 e. The summed E-state index contributed by atoms with van der Waals surface area (Å²) in [7, 11) is 0. The molecule has 0 bridgehead atoms. The highest BCUT2D eigenvalue weighted by Crippen LogP contribution is 2.57. The molecule has 0 aliphatic heterocycles. The van der Waals surface area contributed by atoms with Crippen molar-refractivity contribution in [3.8, 4) is 11.8 Å². The van der Waals surface area contributed by atoms with Crippen LogP contribution in [-0.2, 0) is 16.6 Å². The van der Waals surface area contributed by atoms with Gasteiger partial charge in [0.25, 0.3) is 5.91 Å². The molecule has 2 atom stereocenters. The number of carbonyl (C=O) groups is 1. The molecule has 2 aliphatic carbocycles. The Morgan fingerprint density at radius 3 is 3.17 bits per heavy atom. The Balaban J connectivity index is 1.81. The van der Waals surface area contributed by atoms with Crippen molar-refractivity contribution in [2.75, 3.05) is 0 Å². The van der Waals surface area contributed by atoms with Crippen LogP contribution in [0.25, 0.3) is 0 Å². The quantitative estimate of drug-likeness (QED) is 0.794. The zero-order chi connectivity index (χ0) is 12.8. The van der Waals surface area contributed by atoms with E-state index >= 15 is 0 Å². The van der Waals surface area contributed by atoms with Gasteiger partial charge in [0.1, 0.15) is 0 Å². The monoisotopic (exact) mass is 303 g/mol. The lowest BCUT2D eigenvalue weighted by atomic mass is 9.97. The molecule has 0 heterocycles. The molecule has 1 amide bonds. The standard InChI is InChI=1S/C15H14BrNO/c1-2-3-14(18)17-13-9-15(13)7-6-10-8-11(16)4-5-12(10)15/h4-5,8,13H,6-7,9H2,1H3,(H,17,18). The maximum absolute atomic E-state index is 11.5. The van der Waals surface area contributed by atoms with Gasteiger partial charge in [-0.1, -0.05) is 27.9 Å². The summed E-state index contributed by atoms with van der Waals surface area (Å²) in [6.07, 6.45) is 3.31. The number of halogens is 1.